The van der Waals surface area contributed by atoms with Gasteiger partial charge in [-0.05, 0) is 44.1 Å². The molecule has 140 valence electrons. The number of benzene rings is 1. The first kappa shape index (κ1) is 22.5. The maximum absolute atomic E-state index is 5.94. The molecule has 0 aliphatic rings. The molecule has 0 amide bonds. The van der Waals surface area contributed by atoms with Gasteiger partial charge in [0.15, 0.2) is 0 Å². The lowest BCUT2D eigenvalue weighted by atomic mass is 10.0. The van der Waals surface area contributed by atoms with Crippen LogP contribution in [0.3, 0.4) is 0 Å². The van der Waals surface area contributed by atoms with Crippen LogP contribution < -0.4 is 0 Å². The lowest BCUT2D eigenvalue weighted by Crippen LogP contribution is -2.53. The molecule has 0 bridgehead atoms. The van der Waals surface area contributed by atoms with Crippen molar-refractivity contribution in [3.8, 4) is 12.3 Å². The number of alkyl halides is 1. The van der Waals surface area contributed by atoms with Gasteiger partial charge in [-0.2, -0.15) is 0 Å². The maximum Gasteiger partial charge on any atom is 0.200 e. The van der Waals surface area contributed by atoms with E-state index in [9.17, 15) is 0 Å². The number of nitrogens with zero attached hydrogens (tertiary/aromatic N) is 1. The lowest BCUT2D eigenvalue weighted by molar-refractivity contribution is -0.940. The van der Waals surface area contributed by atoms with Gasteiger partial charge in [-0.3, -0.25) is 4.48 Å². The van der Waals surface area contributed by atoms with Crippen LogP contribution in [0.25, 0.3) is 0 Å². The number of rotatable bonds is 13. The van der Waals surface area contributed by atoms with Crippen LogP contribution in [0.4, 0.5) is 0 Å². The second-order valence-electron chi connectivity index (χ2n) is 7.37. The Bertz CT molecular complexity index is 505. The highest BCUT2D eigenvalue weighted by Crippen LogP contribution is 2.28. The Balaban J connectivity index is 2.96. The average molecular weight is 454 g/mol. The predicted molar refractivity (Wildman–Crippen MR) is 120 cm³/mol. The SMILES string of the molecule is C#CC(I)[N+](CCCCCC)(CCCCCC)Cc1ccccc1C. The van der Waals surface area contributed by atoms with E-state index in [1.807, 2.05) is 0 Å². The molecule has 0 aliphatic carbocycles. The second-order valence-corrected chi connectivity index (χ2v) is 8.55. The summed E-state index contributed by atoms with van der Waals surface area (Å²) in [6, 6.07) is 8.83. The Morgan fingerprint density at radius 1 is 0.960 bits per heavy atom. The normalized spacial score (nSPS) is 12.8. The van der Waals surface area contributed by atoms with Crippen molar-refractivity contribution in [3.05, 3.63) is 35.4 Å². The number of unbranched alkanes of at least 4 members (excludes halogenated alkanes) is 6. The van der Waals surface area contributed by atoms with Crippen LogP contribution in [0.15, 0.2) is 24.3 Å². The Kier molecular flexibility index (Phi) is 11.5. The monoisotopic (exact) mass is 454 g/mol. The van der Waals surface area contributed by atoms with E-state index in [1.165, 1.54) is 75.6 Å². The van der Waals surface area contributed by atoms with Gasteiger partial charge in [0, 0.05) is 28.2 Å². The molecule has 0 radical (unpaired) electrons. The minimum atomic E-state index is 0.250. The molecule has 0 N–H and O–H groups in total. The van der Waals surface area contributed by atoms with Crippen LogP contribution in [-0.4, -0.2) is 21.6 Å². The molecule has 0 spiro atoms. The fraction of sp³-hybridized carbons (Fsp3) is 0.652. The molecule has 1 aromatic carbocycles. The van der Waals surface area contributed by atoms with Gasteiger partial charge in [0.05, 0.1) is 13.1 Å². The van der Waals surface area contributed by atoms with Gasteiger partial charge < -0.3 is 0 Å². The first-order chi connectivity index (χ1) is 12.1. The highest BCUT2D eigenvalue weighted by Gasteiger charge is 2.34. The molecule has 0 saturated heterocycles. The molecule has 0 aromatic heterocycles. The molecule has 1 nitrogen and oxygen atoms in total. The Morgan fingerprint density at radius 2 is 1.52 bits per heavy atom. The number of hydrogen-bond acceptors (Lipinski definition) is 0. The van der Waals surface area contributed by atoms with E-state index in [-0.39, 0.29) is 4.05 Å². The lowest BCUT2D eigenvalue weighted by Gasteiger charge is -2.41. The summed E-state index contributed by atoms with van der Waals surface area (Å²) in [5.41, 5.74) is 2.86. The van der Waals surface area contributed by atoms with Crippen LogP contribution in [-0.2, 0) is 6.54 Å². The van der Waals surface area contributed by atoms with Crippen molar-refractivity contribution in [1.29, 1.82) is 0 Å². The third-order valence-corrected chi connectivity index (χ3v) is 6.82. The first-order valence-corrected chi connectivity index (χ1v) is 11.3. The van der Waals surface area contributed by atoms with Crippen LogP contribution in [0.2, 0.25) is 0 Å². The molecular formula is C23H37IN+. The molecule has 0 heterocycles. The van der Waals surface area contributed by atoms with E-state index < -0.39 is 0 Å². The number of halogens is 1. The van der Waals surface area contributed by atoms with Crippen molar-refractivity contribution in [1.82, 2.24) is 0 Å². The molecule has 25 heavy (non-hydrogen) atoms. The summed E-state index contributed by atoms with van der Waals surface area (Å²) in [7, 11) is 0. The van der Waals surface area contributed by atoms with E-state index in [1.54, 1.807) is 0 Å². The first-order valence-electron chi connectivity index (χ1n) is 10.1. The van der Waals surface area contributed by atoms with Crippen molar-refractivity contribution in [2.45, 2.75) is 82.7 Å². The van der Waals surface area contributed by atoms with Crippen LogP contribution in [0, 0.1) is 19.3 Å². The fourth-order valence-corrected chi connectivity index (χ4v) is 4.32. The Labute approximate surface area is 170 Å². The zero-order chi connectivity index (χ0) is 18.5. The zero-order valence-corrected chi connectivity index (χ0v) is 18.7. The quantitative estimate of drug-likeness (QED) is 0.0762. The van der Waals surface area contributed by atoms with Crippen molar-refractivity contribution < 1.29 is 4.48 Å². The summed E-state index contributed by atoms with van der Waals surface area (Å²) < 4.78 is 1.30. The molecule has 2 heteroatoms. The number of aryl methyl sites for hydroxylation is 1. The molecular weight excluding hydrogens is 417 g/mol. The average Bonchev–Trinajstić information content (AvgIpc) is 2.63. The third-order valence-electron chi connectivity index (χ3n) is 5.28. The van der Waals surface area contributed by atoms with Gasteiger partial charge in [-0.15, -0.1) is 6.42 Å². The predicted octanol–water partition coefficient (Wildman–Crippen LogP) is 6.87. The molecule has 1 aromatic rings. The maximum atomic E-state index is 5.94. The van der Waals surface area contributed by atoms with Gasteiger partial charge in [0.25, 0.3) is 0 Å². The van der Waals surface area contributed by atoms with Crippen LogP contribution in [0.1, 0.15) is 76.3 Å². The molecule has 0 fully saturated rings. The highest BCUT2D eigenvalue weighted by molar-refractivity contribution is 14.1. The van der Waals surface area contributed by atoms with E-state index >= 15 is 0 Å². The zero-order valence-electron chi connectivity index (χ0n) is 16.6. The molecule has 1 rings (SSSR count). The standard InChI is InChI=1S/C23H37IN/c1-5-8-10-14-18-25(23(24)7-3,19-15-11-9-6-2)20-22-17-13-12-16-21(22)4/h3,12-13,16-17,23H,5-6,8-11,14-15,18-20H2,1-2,4H3/q+1. The van der Waals surface area contributed by atoms with E-state index in [0.29, 0.717) is 0 Å². The summed E-state index contributed by atoms with van der Waals surface area (Å²) in [6.45, 7) is 10.3. The van der Waals surface area contributed by atoms with Gasteiger partial charge in [-0.25, -0.2) is 0 Å². The van der Waals surface area contributed by atoms with Gasteiger partial charge in [0.2, 0.25) is 4.05 Å². The summed E-state index contributed by atoms with van der Waals surface area (Å²) in [4.78, 5) is 0. The number of quaternary nitrogens is 1. The third kappa shape index (κ3) is 7.71. The minimum absolute atomic E-state index is 0.250. The van der Waals surface area contributed by atoms with Crippen molar-refractivity contribution >= 4 is 22.6 Å². The largest absolute Gasteiger partial charge is 0.299 e. The van der Waals surface area contributed by atoms with Crippen molar-refractivity contribution in [3.63, 3.8) is 0 Å². The molecule has 1 atom stereocenters. The van der Waals surface area contributed by atoms with Gasteiger partial charge in [-0.1, -0.05) is 63.8 Å². The number of hydrogen-bond donors (Lipinski definition) is 0. The molecule has 1 unspecified atom stereocenters. The highest BCUT2D eigenvalue weighted by atomic mass is 127. The smallest absolute Gasteiger partial charge is 0.200 e. The summed E-state index contributed by atoms with van der Waals surface area (Å²) in [5, 5.41) is 0. The Hall–Kier alpha value is -0.530. The molecule has 0 aliphatic heterocycles. The van der Waals surface area contributed by atoms with Crippen molar-refractivity contribution in [2.75, 3.05) is 13.1 Å². The van der Waals surface area contributed by atoms with Gasteiger partial charge >= 0.3 is 0 Å². The Morgan fingerprint density at radius 3 is 2.00 bits per heavy atom. The minimum Gasteiger partial charge on any atom is -0.299 e. The van der Waals surface area contributed by atoms with E-state index in [4.69, 9.17) is 6.42 Å². The molecule has 0 saturated carbocycles. The van der Waals surface area contributed by atoms with E-state index in [2.05, 4.69) is 73.5 Å². The summed E-state index contributed by atoms with van der Waals surface area (Å²) in [5.74, 6) is 3.09. The van der Waals surface area contributed by atoms with Crippen LogP contribution >= 0.6 is 22.6 Å². The van der Waals surface area contributed by atoms with Crippen LogP contribution in [0.5, 0.6) is 0 Å². The van der Waals surface area contributed by atoms with Gasteiger partial charge in [0.1, 0.15) is 6.54 Å². The topological polar surface area (TPSA) is 0 Å². The van der Waals surface area contributed by atoms with E-state index in [0.717, 1.165) is 11.0 Å². The summed E-state index contributed by atoms with van der Waals surface area (Å²) in [6.07, 6.45) is 16.4. The summed E-state index contributed by atoms with van der Waals surface area (Å²) >= 11 is 2.52. The fourth-order valence-electron chi connectivity index (χ4n) is 3.57. The second kappa shape index (κ2) is 12.8. The van der Waals surface area contributed by atoms with Crippen molar-refractivity contribution in [2.24, 2.45) is 0 Å². The number of terminal acetylenes is 1.